The Labute approximate surface area is 351 Å². The summed E-state index contributed by atoms with van der Waals surface area (Å²) >= 11 is 0. The Bertz CT molecular complexity index is 1550. The molecule has 2 heteroatoms. The van der Waals surface area contributed by atoms with Gasteiger partial charge in [-0.05, 0) is 89.2 Å². The maximum Gasteiger partial charge on any atom is 0.0314 e. The van der Waals surface area contributed by atoms with E-state index in [1.165, 1.54) is 187 Å². The molecule has 0 amide bonds. The minimum absolute atomic E-state index is 0.416. The number of hydrogen-bond donors (Lipinski definition) is 2. The van der Waals surface area contributed by atoms with Crippen LogP contribution in [0.25, 0.3) is 0 Å². The molecule has 2 nitrogen and oxygen atoms in total. The summed E-state index contributed by atoms with van der Waals surface area (Å²) in [5.41, 5.74) is 22.6. The molecular weight excluding hydrogens is 689 g/mol. The van der Waals surface area contributed by atoms with Crippen molar-refractivity contribution in [1.82, 2.24) is 0 Å². The quantitative estimate of drug-likeness (QED) is 0.0395. The van der Waals surface area contributed by atoms with E-state index in [0.717, 1.165) is 17.8 Å². The van der Waals surface area contributed by atoms with Gasteiger partial charge in [0.2, 0.25) is 0 Å². The Kier molecular flexibility index (Phi) is 22.7. The van der Waals surface area contributed by atoms with Crippen LogP contribution in [0.4, 0.5) is 11.4 Å². The summed E-state index contributed by atoms with van der Waals surface area (Å²) in [6, 6.07) is 37.0. The molecule has 4 aromatic rings. The van der Waals surface area contributed by atoms with Gasteiger partial charge in [-0.3, -0.25) is 0 Å². The SMILES string of the molecule is CCCCCCCCCC(Cc1ccc(C(CCCCCCCCC)c2ccc(N)cc2)cc1)c1ccc(C(CCCCCCCCC)c2ccc(N)cc2)cc1. The second kappa shape index (κ2) is 28.0. The maximum absolute atomic E-state index is 6.13. The smallest absolute Gasteiger partial charge is 0.0314 e. The van der Waals surface area contributed by atoms with Crippen molar-refractivity contribution in [2.45, 2.75) is 199 Å². The molecule has 0 saturated carbocycles. The Balaban J connectivity index is 1.48. The van der Waals surface area contributed by atoms with Crippen LogP contribution in [0.5, 0.6) is 0 Å². The number of nitrogen functional groups attached to an aromatic ring is 2. The van der Waals surface area contributed by atoms with E-state index in [-0.39, 0.29) is 0 Å². The van der Waals surface area contributed by atoms with Gasteiger partial charge in [0.05, 0.1) is 0 Å². The molecular formula is C55H82N2. The molecule has 3 atom stereocenters. The van der Waals surface area contributed by atoms with Crippen molar-refractivity contribution in [3.63, 3.8) is 0 Å². The lowest BCUT2D eigenvalue weighted by atomic mass is 9.82. The summed E-state index contributed by atoms with van der Waals surface area (Å²) < 4.78 is 0. The number of hydrogen-bond acceptors (Lipinski definition) is 2. The van der Waals surface area contributed by atoms with E-state index in [4.69, 9.17) is 11.5 Å². The lowest BCUT2D eigenvalue weighted by Gasteiger charge is -2.22. The van der Waals surface area contributed by atoms with Crippen molar-refractivity contribution in [2.75, 3.05) is 11.5 Å². The number of anilines is 2. The molecule has 0 spiro atoms. The highest BCUT2D eigenvalue weighted by atomic mass is 14.5. The predicted octanol–water partition coefficient (Wildman–Crippen LogP) is 16.9. The third kappa shape index (κ3) is 17.5. The second-order valence-corrected chi connectivity index (χ2v) is 17.5. The molecule has 0 fully saturated rings. The molecule has 57 heavy (non-hydrogen) atoms. The van der Waals surface area contributed by atoms with Crippen LogP contribution in [-0.2, 0) is 6.42 Å². The topological polar surface area (TPSA) is 52.0 Å². The van der Waals surface area contributed by atoms with Crippen molar-refractivity contribution in [3.05, 3.63) is 130 Å². The Hall–Kier alpha value is -3.52. The standard InChI is InChI=1S/C55H82N2/c1-4-7-10-13-16-19-22-25-51(46-32-34-48(35-33-46)55(50-38-42-53(57)43-39-50)27-24-21-18-15-12-9-6-3)44-45-28-30-47(31-29-45)54(49-36-40-52(56)41-37-49)26-23-20-17-14-11-8-5-2/h28-43,51,54-55H,4-27,44,56-57H2,1-3H3. The van der Waals surface area contributed by atoms with Crippen LogP contribution in [0.3, 0.4) is 0 Å². The van der Waals surface area contributed by atoms with Gasteiger partial charge in [0.15, 0.2) is 0 Å². The lowest BCUT2D eigenvalue weighted by Crippen LogP contribution is -2.07. The van der Waals surface area contributed by atoms with Crippen LogP contribution in [0, 0.1) is 0 Å². The molecule has 0 heterocycles. The maximum atomic E-state index is 6.13. The van der Waals surface area contributed by atoms with Gasteiger partial charge in [-0.2, -0.15) is 0 Å². The van der Waals surface area contributed by atoms with E-state index in [2.05, 4.69) is 118 Å². The predicted molar refractivity (Wildman–Crippen MR) is 253 cm³/mol. The summed E-state index contributed by atoms with van der Waals surface area (Å²) in [7, 11) is 0. The largest absolute Gasteiger partial charge is 0.399 e. The fourth-order valence-corrected chi connectivity index (χ4v) is 9.02. The summed E-state index contributed by atoms with van der Waals surface area (Å²) in [6.45, 7) is 6.91. The third-order valence-corrected chi connectivity index (χ3v) is 12.7. The second-order valence-electron chi connectivity index (χ2n) is 17.5. The Morgan fingerprint density at radius 3 is 0.965 bits per heavy atom. The normalized spacial score (nSPS) is 13.1. The van der Waals surface area contributed by atoms with E-state index in [1.54, 1.807) is 0 Å². The molecule has 0 aliphatic carbocycles. The Morgan fingerprint density at radius 2 is 0.596 bits per heavy atom. The highest BCUT2D eigenvalue weighted by Gasteiger charge is 2.19. The van der Waals surface area contributed by atoms with Gasteiger partial charge in [0.1, 0.15) is 0 Å². The molecule has 4 aromatic carbocycles. The van der Waals surface area contributed by atoms with Crippen LogP contribution < -0.4 is 11.5 Å². The van der Waals surface area contributed by atoms with Crippen molar-refractivity contribution < 1.29 is 0 Å². The molecule has 0 aromatic heterocycles. The monoisotopic (exact) mass is 771 g/mol. The van der Waals surface area contributed by atoms with E-state index < -0.39 is 0 Å². The summed E-state index contributed by atoms with van der Waals surface area (Å²) in [5, 5.41) is 0. The first kappa shape index (κ1) is 46.2. The summed E-state index contributed by atoms with van der Waals surface area (Å²) in [6.07, 6.45) is 33.0. The first-order valence-electron chi connectivity index (χ1n) is 23.9. The van der Waals surface area contributed by atoms with E-state index in [0.29, 0.717) is 17.8 Å². The first-order chi connectivity index (χ1) is 28.0. The molecule has 0 bridgehead atoms. The van der Waals surface area contributed by atoms with Gasteiger partial charge in [-0.1, -0.05) is 228 Å². The summed E-state index contributed by atoms with van der Waals surface area (Å²) in [4.78, 5) is 0. The number of rotatable bonds is 31. The van der Waals surface area contributed by atoms with Crippen LogP contribution in [-0.4, -0.2) is 0 Å². The van der Waals surface area contributed by atoms with Gasteiger partial charge in [0.25, 0.3) is 0 Å². The van der Waals surface area contributed by atoms with Gasteiger partial charge in [-0.15, -0.1) is 0 Å². The first-order valence-corrected chi connectivity index (χ1v) is 23.9. The average Bonchev–Trinajstić information content (AvgIpc) is 3.23. The molecule has 4 N–H and O–H groups in total. The zero-order valence-corrected chi connectivity index (χ0v) is 36.8. The molecule has 3 unspecified atom stereocenters. The third-order valence-electron chi connectivity index (χ3n) is 12.7. The molecule has 312 valence electrons. The van der Waals surface area contributed by atoms with E-state index in [1.807, 2.05) is 0 Å². The number of nitrogens with two attached hydrogens (primary N) is 2. The van der Waals surface area contributed by atoms with Crippen LogP contribution in [0.2, 0.25) is 0 Å². The van der Waals surface area contributed by atoms with Gasteiger partial charge < -0.3 is 11.5 Å². The minimum Gasteiger partial charge on any atom is -0.399 e. The van der Waals surface area contributed by atoms with Crippen molar-refractivity contribution in [3.8, 4) is 0 Å². The van der Waals surface area contributed by atoms with E-state index in [9.17, 15) is 0 Å². The summed E-state index contributed by atoms with van der Waals surface area (Å²) in [5.74, 6) is 1.36. The van der Waals surface area contributed by atoms with Crippen LogP contribution >= 0.6 is 0 Å². The zero-order chi connectivity index (χ0) is 40.3. The van der Waals surface area contributed by atoms with Crippen molar-refractivity contribution >= 4 is 11.4 Å². The minimum atomic E-state index is 0.416. The fourth-order valence-electron chi connectivity index (χ4n) is 9.02. The van der Waals surface area contributed by atoms with Crippen LogP contribution in [0.1, 0.15) is 226 Å². The molecule has 0 saturated heterocycles. The van der Waals surface area contributed by atoms with Gasteiger partial charge >= 0.3 is 0 Å². The average molecular weight is 771 g/mol. The fraction of sp³-hybridized carbons (Fsp3) is 0.564. The van der Waals surface area contributed by atoms with Crippen LogP contribution in [0.15, 0.2) is 97.1 Å². The van der Waals surface area contributed by atoms with Gasteiger partial charge in [-0.25, -0.2) is 0 Å². The molecule has 0 aliphatic rings. The highest BCUT2D eigenvalue weighted by Crippen LogP contribution is 2.35. The van der Waals surface area contributed by atoms with Crippen molar-refractivity contribution in [2.24, 2.45) is 0 Å². The number of unbranched alkanes of at least 4 members (excludes halogenated alkanes) is 18. The number of benzene rings is 4. The Morgan fingerprint density at radius 1 is 0.316 bits per heavy atom. The molecule has 4 rings (SSSR count). The zero-order valence-electron chi connectivity index (χ0n) is 36.8. The lowest BCUT2D eigenvalue weighted by molar-refractivity contribution is 0.531. The molecule has 0 aliphatic heterocycles. The highest BCUT2D eigenvalue weighted by molar-refractivity contribution is 5.44. The van der Waals surface area contributed by atoms with Crippen molar-refractivity contribution in [1.29, 1.82) is 0 Å². The van der Waals surface area contributed by atoms with Gasteiger partial charge in [0, 0.05) is 23.2 Å². The molecule has 0 radical (unpaired) electrons. The van der Waals surface area contributed by atoms with E-state index >= 15 is 0 Å².